The van der Waals surface area contributed by atoms with Crippen LogP contribution in [0.5, 0.6) is 0 Å². The summed E-state index contributed by atoms with van der Waals surface area (Å²) < 4.78 is 0. The fourth-order valence-electron chi connectivity index (χ4n) is 1.66. The van der Waals surface area contributed by atoms with Crippen LogP contribution in [0.2, 0.25) is 10.0 Å². The van der Waals surface area contributed by atoms with Crippen LogP contribution in [0.1, 0.15) is 17.4 Å². The van der Waals surface area contributed by atoms with E-state index in [1.165, 1.54) is 0 Å². The first kappa shape index (κ1) is 14.6. The third-order valence-corrected chi connectivity index (χ3v) is 3.39. The molecule has 0 spiro atoms. The molecule has 104 valence electrons. The second-order valence-corrected chi connectivity index (χ2v) is 4.80. The smallest absolute Gasteiger partial charge is 0.274 e. The first-order valence-corrected chi connectivity index (χ1v) is 6.82. The van der Waals surface area contributed by atoms with Gasteiger partial charge in [0, 0.05) is 18.4 Å². The number of carbonyl (C=O) groups excluding carboxylic acids is 1. The van der Waals surface area contributed by atoms with Crippen LogP contribution in [-0.2, 0) is 0 Å². The number of benzene rings is 1. The summed E-state index contributed by atoms with van der Waals surface area (Å²) in [5.41, 5.74) is 1.60. The summed E-state index contributed by atoms with van der Waals surface area (Å²) in [7, 11) is 0. The Morgan fingerprint density at radius 2 is 2.10 bits per heavy atom. The number of halogens is 2. The van der Waals surface area contributed by atoms with Gasteiger partial charge in [-0.15, -0.1) is 0 Å². The van der Waals surface area contributed by atoms with Crippen LogP contribution in [0, 0.1) is 0 Å². The van der Waals surface area contributed by atoms with Crippen LogP contribution in [0.25, 0.3) is 0 Å². The minimum Gasteiger partial charge on any atom is -0.385 e. The molecule has 0 fully saturated rings. The van der Waals surface area contributed by atoms with Gasteiger partial charge in [-0.1, -0.05) is 29.3 Å². The molecule has 0 aliphatic rings. The number of rotatable bonds is 4. The Hall–Kier alpha value is -1.78. The van der Waals surface area contributed by atoms with E-state index in [9.17, 15) is 4.79 Å². The van der Waals surface area contributed by atoms with E-state index in [-0.39, 0.29) is 5.91 Å². The first-order valence-electron chi connectivity index (χ1n) is 6.07. The van der Waals surface area contributed by atoms with Crippen LogP contribution in [-0.4, -0.2) is 17.4 Å². The van der Waals surface area contributed by atoms with Gasteiger partial charge in [-0.05, 0) is 31.2 Å². The number of nitrogens with one attached hydrogen (secondary N) is 2. The van der Waals surface area contributed by atoms with Gasteiger partial charge in [0.1, 0.15) is 5.69 Å². The zero-order chi connectivity index (χ0) is 14.5. The molecule has 4 nitrogen and oxygen atoms in total. The van der Waals surface area contributed by atoms with Crippen molar-refractivity contribution >= 4 is 40.5 Å². The van der Waals surface area contributed by atoms with E-state index >= 15 is 0 Å². The van der Waals surface area contributed by atoms with Crippen molar-refractivity contribution < 1.29 is 4.79 Å². The highest BCUT2D eigenvalue weighted by atomic mass is 35.5. The van der Waals surface area contributed by atoms with Crippen molar-refractivity contribution in [3.63, 3.8) is 0 Å². The zero-order valence-corrected chi connectivity index (χ0v) is 12.3. The SMILES string of the molecule is CCNc1ccnc(C(=O)Nc2cccc(Cl)c2Cl)c1. The summed E-state index contributed by atoms with van der Waals surface area (Å²) >= 11 is 11.9. The Labute approximate surface area is 127 Å². The second kappa shape index (κ2) is 6.59. The quantitative estimate of drug-likeness (QED) is 0.895. The molecule has 20 heavy (non-hydrogen) atoms. The van der Waals surface area contributed by atoms with Gasteiger partial charge in [0.15, 0.2) is 0 Å². The normalized spacial score (nSPS) is 10.2. The lowest BCUT2D eigenvalue weighted by Crippen LogP contribution is -2.14. The van der Waals surface area contributed by atoms with Gasteiger partial charge in [-0.2, -0.15) is 0 Å². The molecule has 1 heterocycles. The molecule has 2 rings (SSSR count). The third kappa shape index (κ3) is 3.40. The van der Waals surface area contributed by atoms with E-state index in [4.69, 9.17) is 23.2 Å². The summed E-state index contributed by atoms with van der Waals surface area (Å²) in [5.74, 6) is -0.339. The molecule has 1 aromatic heterocycles. The van der Waals surface area contributed by atoms with Crippen molar-refractivity contribution in [2.45, 2.75) is 6.92 Å². The van der Waals surface area contributed by atoms with E-state index in [2.05, 4.69) is 15.6 Å². The molecule has 2 N–H and O–H groups in total. The highest BCUT2D eigenvalue weighted by Gasteiger charge is 2.11. The topological polar surface area (TPSA) is 54.0 Å². The molecule has 0 bridgehead atoms. The number of pyridine rings is 1. The van der Waals surface area contributed by atoms with Crippen LogP contribution in [0.4, 0.5) is 11.4 Å². The average molecular weight is 310 g/mol. The van der Waals surface area contributed by atoms with Crippen molar-refractivity contribution in [2.75, 3.05) is 17.2 Å². The summed E-state index contributed by atoms with van der Waals surface area (Å²) in [5, 5.41) is 6.51. The predicted octanol–water partition coefficient (Wildman–Crippen LogP) is 4.07. The summed E-state index contributed by atoms with van der Waals surface area (Å²) in [6.07, 6.45) is 1.58. The standard InChI is InChI=1S/C14H13Cl2N3O/c1-2-17-9-6-7-18-12(8-9)14(20)19-11-5-3-4-10(15)13(11)16/h3-8H,2H2,1H3,(H,17,18)(H,19,20). The van der Waals surface area contributed by atoms with Crippen molar-refractivity contribution in [1.82, 2.24) is 4.98 Å². The molecule has 0 saturated heterocycles. The number of anilines is 2. The van der Waals surface area contributed by atoms with Crippen LogP contribution in [0.3, 0.4) is 0 Å². The lowest BCUT2D eigenvalue weighted by atomic mass is 10.2. The summed E-state index contributed by atoms with van der Waals surface area (Å²) in [6.45, 7) is 2.75. The van der Waals surface area contributed by atoms with Crippen molar-refractivity contribution in [3.05, 3.63) is 52.3 Å². The Morgan fingerprint density at radius 1 is 1.30 bits per heavy atom. The van der Waals surface area contributed by atoms with E-state index < -0.39 is 0 Å². The minimum absolute atomic E-state index is 0.305. The molecule has 0 unspecified atom stereocenters. The van der Waals surface area contributed by atoms with E-state index in [1.807, 2.05) is 6.92 Å². The van der Waals surface area contributed by atoms with E-state index in [0.717, 1.165) is 12.2 Å². The highest BCUT2D eigenvalue weighted by Crippen LogP contribution is 2.29. The number of hydrogen-bond acceptors (Lipinski definition) is 3. The van der Waals surface area contributed by atoms with E-state index in [0.29, 0.717) is 21.4 Å². The van der Waals surface area contributed by atoms with Gasteiger partial charge in [-0.25, -0.2) is 0 Å². The molecule has 1 aromatic carbocycles. The van der Waals surface area contributed by atoms with Crippen molar-refractivity contribution in [2.24, 2.45) is 0 Å². The lowest BCUT2D eigenvalue weighted by molar-refractivity contribution is 0.102. The van der Waals surface area contributed by atoms with Crippen molar-refractivity contribution in [1.29, 1.82) is 0 Å². The maximum atomic E-state index is 12.1. The van der Waals surface area contributed by atoms with Gasteiger partial charge in [0.05, 0.1) is 15.7 Å². The number of hydrogen-bond donors (Lipinski definition) is 2. The molecular formula is C14H13Cl2N3O. The molecule has 0 saturated carbocycles. The minimum atomic E-state index is -0.339. The summed E-state index contributed by atoms with van der Waals surface area (Å²) in [4.78, 5) is 16.2. The lowest BCUT2D eigenvalue weighted by Gasteiger charge is -2.09. The zero-order valence-electron chi connectivity index (χ0n) is 10.8. The van der Waals surface area contributed by atoms with E-state index in [1.54, 1.807) is 36.5 Å². The largest absolute Gasteiger partial charge is 0.385 e. The second-order valence-electron chi connectivity index (χ2n) is 4.02. The van der Waals surface area contributed by atoms with Crippen LogP contribution >= 0.6 is 23.2 Å². The molecular weight excluding hydrogens is 297 g/mol. The highest BCUT2D eigenvalue weighted by molar-refractivity contribution is 6.44. The predicted molar refractivity (Wildman–Crippen MR) is 82.8 cm³/mol. The maximum Gasteiger partial charge on any atom is 0.274 e. The third-order valence-electron chi connectivity index (χ3n) is 2.57. The fourth-order valence-corrected chi connectivity index (χ4v) is 2.00. The number of aromatic nitrogens is 1. The molecule has 1 amide bonds. The molecule has 0 radical (unpaired) electrons. The fraction of sp³-hybridized carbons (Fsp3) is 0.143. The monoisotopic (exact) mass is 309 g/mol. The van der Waals surface area contributed by atoms with Gasteiger partial charge in [0.25, 0.3) is 5.91 Å². The number of carbonyl (C=O) groups is 1. The Kier molecular flexibility index (Phi) is 4.82. The summed E-state index contributed by atoms with van der Waals surface area (Å²) in [6, 6.07) is 8.53. The van der Waals surface area contributed by atoms with Gasteiger partial charge in [0.2, 0.25) is 0 Å². The van der Waals surface area contributed by atoms with Crippen molar-refractivity contribution in [3.8, 4) is 0 Å². The first-order chi connectivity index (χ1) is 9.61. The van der Waals surface area contributed by atoms with Crippen LogP contribution in [0.15, 0.2) is 36.5 Å². The Bertz CT molecular complexity index is 632. The van der Waals surface area contributed by atoms with Crippen LogP contribution < -0.4 is 10.6 Å². The molecule has 0 atom stereocenters. The maximum absolute atomic E-state index is 12.1. The number of nitrogens with zero attached hydrogens (tertiary/aromatic N) is 1. The molecule has 2 aromatic rings. The van der Waals surface area contributed by atoms with Gasteiger partial charge < -0.3 is 10.6 Å². The molecule has 0 aliphatic heterocycles. The molecule has 0 aliphatic carbocycles. The van der Waals surface area contributed by atoms with Gasteiger partial charge in [-0.3, -0.25) is 9.78 Å². The average Bonchev–Trinajstić information content (AvgIpc) is 2.44. The Balaban J connectivity index is 2.19. The Morgan fingerprint density at radius 3 is 2.85 bits per heavy atom. The van der Waals surface area contributed by atoms with Gasteiger partial charge >= 0.3 is 0 Å². The number of amides is 1. The molecule has 6 heteroatoms.